The number of piperazine rings is 1. The average molecular weight is 431 g/mol. The van der Waals surface area contributed by atoms with Gasteiger partial charge in [0.05, 0.1) is 6.61 Å². The van der Waals surface area contributed by atoms with E-state index in [1.165, 1.54) is 0 Å². The molecule has 1 N–H and O–H groups in total. The zero-order valence-corrected chi connectivity index (χ0v) is 17.4. The molecular formula is C20H28F3N3O4. The van der Waals surface area contributed by atoms with Gasteiger partial charge in [0, 0.05) is 32.7 Å². The maximum atomic E-state index is 12.3. The SMILES string of the molecule is CC(C)(C)OC(=O)N1CCN(C(=O)NCc2ccc(COCC(F)(F)F)cc2)CC1. The Bertz CT molecular complexity index is 709. The van der Waals surface area contributed by atoms with Crippen LogP contribution < -0.4 is 5.32 Å². The van der Waals surface area contributed by atoms with Gasteiger partial charge >= 0.3 is 18.3 Å². The number of carbonyl (C=O) groups excluding carboxylic acids is 2. The Kier molecular flexibility index (Phi) is 7.94. The molecule has 0 bridgehead atoms. The van der Waals surface area contributed by atoms with Crippen LogP contribution in [0.15, 0.2) is 24.3 Å². The second-order valence-electron chi connectivity index (χ2n) is 8.04. The summed E-state index contributed by atoms with van der Waals surface area (Å²) in [6.45, 7) is 5.88. The maximum absolute atomic E-state index is 12.3. The Morgan fingerprint density at radius 1 is 0.967 bits per heavy atom. The monoisotopic (exact) mass is 431 g/mol. The van der Waals surface area contributed by atoms with Gasteiger partial charge in [-0.25, -0.2) is 9.59 Å². The topological polar surface area (TPSA) is 71.1 Å². The third-order valence-corrected chi connectivity index (χ3v) is 4.22. The number of nitrogens with zero attached hydrogens (tertiary/aromatic N) is 2. The Labute approximate surface area is 174 Å². The molecule has 10 heteroatoms. The zero-order valence-electron chi connectivity index (χ0n) is 17.4. The molecule has 168 valence electrons. The van der Waals surface area contributed by atoms with Crippen LogP contribution >= 0.6 is 0 Å². The van der Waals surface area contributed by atoms with Crippen molar-refractivity contribution in [2.45, 2.75) is 45.7 Å². The van der Waals surface area contributed by atoms with E-state index >= 15 is 0 Å². The Morgan fingerprint density at radius 3 is 2.03 bits per heavy atom. The fourth-order valence-corrected chi connectivity index (χ4v) is 2.75. The van der Waals surface area contributed by atoms with Crippen LogP contribution in [0.25, 0.3) is 0 Å². The fourth-order valence-electron chi connectivity index (χ4n) is 2.75. The summed E-state index contributed by atoms with van der Waals surface area (Å²) in [5.74, 6) is 0. The second kappa shape index (κ2) is 10.0. The van der Waals surface area contributed by atoms with Crippen LogP contribution in [0, 0.1) is 0 Å². The molecule has 1 aliphatic rings. The molecule has 0 saturated carbocycles. The van der Waals surface area contributed by atoms with Gasteiger partial charge in [0.15, 0.2) is 0 Å². The minimum atomic E-state index is -4.34. The van der Waals surface area contributed by atoms with Gasteiger partial charge in [0.25, 0.3) is 0 Å². The van der Waals surface area contributed by atoms with Crippen molar-refractivity contribution in [1.82, 2.24) is 15.1 Å². The van der Waals surface area contributed by atoms with Gasteiger partial charge in [-0.1, -0.05) is 24.3 Å². The lowest BCUT2D eigenvalue weighted by molar-refractivity contribution is -0.176. The van der Waals surface area contributed by atoms with Gasteiger partial charge in [0.2, 0.25) is 0 Å². The number of hydrogen-bond donors (Lipinski definition) is 1. The molecule has 1 fully saturated rings. The van der Waals surface area contributed by atoms with Crippen molar-refractivity contribution in [2.24, 2.45) is 0 Å². The van der Waals surface area contributed by atoms with Crippen molar-refractivity contribution in [3.05, 3.63) is 35.4 Å². The van der Waals surface area contributed by atoms with Gasteiger partial charge in [-0.3, -0.25) is 0 Å². The summed E-state index contributed by atoms with van der Waals surface area (Å²) < 4.78 is 46.2. The quantitative estimate of drug-likeness (QED) is 0.774. The molecule has 0 aliphatic carbocycles. The lowest BCUT2D eigenvalue weighted by Gasteiger charge is -2.35. The van der Waals surface area contributed by atoms with E-state index in [-0.39, 0.29) is 25.3 Å². The lowest BCUT2D eigenvalue weighted by Crippen LogP contribution is -2.53. The number of carbonyl (C=O) groups is 2. The average Bonchev–Trinajstić information content (AvgIpc) is 2.65. The van der Waals surface area contributed by atoms with E-state index in [4.69, 9.17) is 4.74 Å². The molecule has 0 aromatic heterocycles. The second-order valence-corrected chi connectivity index (χ2v) is 8.04. The smallest absolute Gasteiger partial charge is 0.411 e. The number of nitrogens with one attached hydrogen (secondary N) is 1. The van der Waals surface area contributed by atoms with E-state index in [0.29, 0.717) is 31.7 Å². The van der Waals surface area contributed by atoms with Crippen molar-refractivity contribution >= 4 is 12.1 Å². The summed E-state index contributed by atoms with van der Waals surface area (Å²) in [5, 5.41) is 2.81. The van der Waals surface area contributed by atoms with Crippen LogP contribution in [0.2, 0.25) is 0 Å². The minimum absolute atomic E-state index is 0.131. The Balaban J connectivity index is 1.71. The van der Waals surface area contributed by atoms with E-state index < -0.39 is 18.4 Å². The van der Waals surface area contributed by atoms with Gasteiger partial charge in [-0.05, 0) is 31.9 Å². The van der Waals surface area contributed by atoms with Crippen LogP contribution in [0.5, 0.6) is 0 Å². The molecule has 1 aromatic carbocycles. The van der Waals surface area contributed by atoms with Crippen LogP contribution in [0.1, 0.15) is 31.9 Å². The first kappa shape index (κ1) is 23.8. The number of ether oxygens (including phenoxy) is 2. The Morgan fingerprint density at radius 2 is 1.50 bits per heavy atom. The van der Waals surface area contributed by atoms with E-state index in [0.717, 1.165) is 5.56 Å². The Hall–Kier alpha value is -2.49. The van der Waals surface area contributed by atoms with Crippen LogP contribution in [0.3, 0.4) is 0 Å². The highest BCUT2D eigenvalue weighted by molar-refractivity contribution is 5.75. The van der Waals surface area contributed by atoms with E-state index in [9.17, 15) is 22.8 Å². The van der Waals surface area contributed by atoms with Gasteiger partial charge in [0.1, 0.15) is 12.2 Å². The van der Waals surface area contributed by atoms with Crippen molar-refractivity contribution in [3.8, 4) is 0 Å². The molecule has 0 radical (unpaired) electrons. The molecular weight excluding hydrogens is 403 g/mol. The summed E-state index contributed by atoms with van der Waals surface area (Å²) in [6.07, 6.45) is -4.73. The molecule has 1 heterocycles. The molecule has 1 aliphatic heterocycles. The molecule has 2 rings (SSSR count). The van der Waals surface area contributed by atoms with Gasteiger partial charge in [-0.2, -0.15) is 13.2 Å². The standard InChI is InChI=1S/C20H28F3N3O4/c1-19(2,3)30-18(28)26-10-8-25(9-11-26)17(27)24-12-15-4-6-16(7-5-15)13-29-14-20(21,22)23/h4-7H,8-14H2,1-3H3,(H,24,27). The van der Waals surface area contributed by atoms with Gasteiger partial charge in [-0.15, -0.1) is 0 Å². The van der Waals surface area contributed by atoms with Crippen molar-refractivity contribution in [2.75, 3.05) is 32.8 Å². The summed E-state index contributed by atoms with van der Waals surface area (Å²) in [5.41, 5.74) is 0.869. The molecule has 7 nitrogen and oxygen atoms in total. The first-order valence-electron chi connectivity index (χ1n) is 9.66. The number of alkyl halides is 3. The summed E-state index contributed by atoms with van der Waals surface area (Å²) in [7, 11) is 0. The van der Waals surface area contributed by atoms with Crippen molar-refractivity contribution < 1.29 is 32.2 Å². The number of urea groups is 1. The predicted molar refractivity (Wildman–Crippen MR) is 104 cm³/mol. The molecule has 30 heavy (non-hydrogen) atoms. The fraction of sp³-hybridized carbons (Fsp3) is 0.600. The number of hydrogen-bond acceptors (Lipinski definition) is 4. The zero-order chi connectivity index (χ0) is 22.4. The molecule has 0 spiro atoms. The number of rotatable bonds is 5. The highest BCUT2D eigenvalue weighted by atomic mass is 19.4. The third kappa shape index (κ3) is 8.48. The number of amides is 3. The highest BCUT2D eigenvalue weighted by Gasteiger charge is 2.28. The summed E-state index contributed by atoms with van der Waals surface area (Å²) in [6, 6.07) is 6.55. The summed E-state index contributed by atoms with van der Waals surface area (Å²) in [4.78, 5) is 27.6. The molecule has 0 unspecified atom stereocenters. The van der Waals surface area contributed by atoms with Gasteiger partial charge < -0.3 is 24.6 Å². The molecule has 0 atom stereocenters. The number of benzene rings is 1. The lowest BCUT2D eigenvalue weighted by atomic mass is 10.1. The van der Waals surface area contributed by atoms with E-state index in [2.05, 4.69) is 10.1 Å². The van der Waals surface area contributed by atoms with Crippen LogP contribution in [-0.2, 0) is 22.6 Å². The number of halogens is 3. The first-order chi connectivity index (χ1) is 13.9. The first-order valence-corrected chi connectivity index (χ1v) is 9.66. The van der Waals surface area contributed by atoms with Crippen molar-refractivity contribution in [1.29, 1.82) is 0 Å². The van der Waals surface area contributed by atoms with Crippen molar-refractivity contribution in [3.63, 3.8) is 0 Å². The summed E-state index contributed by atoms with van der Waals surface area (Å²) >= 11 is 0. The normalized spacial score (nSPS) is 15.1. The molecule has 1 saturated heterocycles. The van der Waals surface area contributed by atoms with Crippen LogP contribution in [0.4, 0.5) is 22.8 Å². The highest BCUT2D eigenvalue weighted by Crippen LogP contribution is 2.16. The largest absolute Gasteiger partial charge is 0.444 e. The van der Waals surface area contributed by atoms with E-state index in [1.54, 1.807) is 54.8 Å². The third-order valence-electron chi connectivity index (χ3n) is 4.22. The molecule has 3 amide bonds. The van der Waals surface area contributed by atoms with Crippen LogP contribution in [-0.4, -0.2) is 66.5 Å². The maximum Gasteiger partial charge on any atom is 0.411 e. The minimum Gasteiger partial charge on any atom is -0.444 e. The molecule has 1 aromatic rings. The van der Waals surface area contributed by atoms with E-state index in [1.807, 2.05) is 0 Å². The predicted octanol–water partition coefficient (Wildman–Crippen LogP) is 3.53.